The van der Waals surface area contributed by atoms with Crippen molar-refractivity contribution in [1.82, 2.24) is 6.15 Å². The summed E-state index contributed by atoms with van der Waals surface area (Å²) in [6.45, 7) is 4.25. The summed E-state index contributed by atoms with van der Waals surface area (Å²) in [5, 5.41) is 8.14. The van der Waals surface area contributed by atoms with Crippen LogP contribution in [0.1, 0.15) is 13.8 Å². The van der Waals surface area contributed by atoms with E-state index >= 15 is 0 Å². The second-order valence-electron chi connectivity index (χ2n) is 1.58. The maximum Gasteiger partial charge on any atom is 0.0453 e. The van der Waals surface area contributed by atoms with Crippen molar-refractivity contribution in [3.8, 4) is 0 Å². The van der Waals surface area contributed by atoms with Crippen LogP contribution in [0.15, 0.2) is 0 Å². The van der Waals surface area contributed by atoms with Crippen LogP contribution in [-0.2, 0) is 0 Å². The number of aliphatic hydroxyl groups is 1. The van der Waals surface area contributed by atoms with Crippen LogP contribution in [-0.4, -0.2) is 11.7 Å². The molecule has 0 heterocycles. The van der Waals surface area contributed by atoms with Gasteiger partial charge in [0.15, 0.2) is 0 Å². The Kier molecular flexibility index (Phi) is 21.6. The van der Waals surface area contributed by atoms with Crippen molar-refractivity contribution in [3.63, 3.8) is 0 Å². The zero-order valence-corrected chi connectivity index (χ0v) is 6.56. The van der Waals surface area contributed by atoms with Gasteiger partial charge in [-0.3, -0.25) is 0 Å². The van der Waals surface area contributed by atoms with Crippen LogP contribution in [0.25, 0.3) is 0 Å². The van der Waals surface area contributed by atoms with Crippen LogP contribution in [0.5, 0.6) is 0 Å². The predicted molar refractivity (Wildman–Crippen MR) is 37.3 cm³/mol. The first-order valence-electron chi connectivity index (χ1n) is 1.88. The van der Waals surface area contributed by atoms with E-state index in [0.29, 0.717) is 12.5 Å². The van der Waals surface area contributed by atoms with Crippen LogP contribution in [0, 0.1) is 5.92 Å². The molecule has 0 aromatic carbocycles. The molecule has 0 saturated carbocycles. The Morgan fingerprint density at radius 2 is 1.57 bits per heavy atom. The molecule has 0 radical (unpaired) electrons. The molecule has 0 fully saturated rings. The molecule has 0 amide bonds. The van der Waals surface area contributed by atoms with Gasteiger partial charge in [-0.15, -0.1) is 17.0 Å². The SMILES string of the molecule is Br.CC(C)CO.N. The first kappa shape index (κ1) is 15.7. The van der Waals surface area contributed by atoms with Gasteiger partial charge < -0.3 is 11.3 Å². The summed E-state index contributed by atoms with van der Waals surface area (Å²) in [6.07, 6.45) is 0. The maximum absolute atomic E-state index is 8.14. The Bertz CT molecular complexity index is 25.7. The lowest BCUT2D eigenvalue weighted by Gasteiger charge is -1.90. The molecule has 0 aromatic heterocycles. The van der Waals surface area contributed by atoms with Gasteiger partial charge in [-0.05, 0) is 5.92 Å². The van der Waals surface area contributed by atoms with Gasteiger partial charge in [0.25, 0.3) is 0 Å². The summed E-state index contributed by atoms with van der Waals surface area (Å²) in [5.74, 6) is 0.440. The molecule has 0 bridgehead atoms. The molecule has 3 heteroatoms. The molecule has 2 nitrogen and oxygen atoms in total. The minimum absolute atomic E-state index is 0. The van der Waals surface area contributed by atoms with E-state index in [2.05, 4.69) is 0 Å². The minimum Gasteiger partial charge on any atom is -0.396 e. The third-order valence-corrected chi connectivity index (χ3v) is 0.365. The highest BCUT2D eigenvalue weighted by atomic mass is 79.9. The van der Waals surface area contributed by atoms with Crippen molar-refractivity contribution >= 4 is 17.0 Å². The van der Waals surface area contributed by atoms with Gasteiger partial charge in [0, 0.05) is 6.61 Å². The van der Waals surface area contributed by atoms with Crippen LogP contribution in [0.2, 0.25) is 0 Å². The minimum atomic E-state index is 0. The average Bonchev–Trinajstić information content (AvgIpc) is 1.38. The first-order valence-corrected chi connectivity index (χ1v) is 1.88. The van der Waals surface area contributed by atoms with E-state index in [1.54, 1.807) is 0 Å². The van der Waals surface area contributed by atoms with Crippen LogP contribution in [0.3, 0.4) is 0 Å². The van der Waals surface area contributed by atoms with E-state index in [4.69, 9.17) is 5.11 Å². The van der Waals surface area contributed by atoms with E-state index in [1.165, 1.54) is 0 Å². The van der Waals surface area contributed by atoms with Crippen molar-refractivity contribution in [2.24, 2.45) is 5.92 Å². The summed E-state index contributed by atoms with van der Waals surface area (Å²) in [7, 11) is 0. The standard InChI is InChI=1S/C4H10O.BrH.H3N/c1-4(2)3-5;;/h4-5H,3H2,1-2H3;1H;1H3. The van der Waals surface area contributed by atoms with Gasteiger partial charge in [-0.1, -0.05) is 13.8 Å². The van der Waals surface area contributed by atoms with Gasteiger partial charge in [0.05, 0.1) is 0 Å². The van der Waals surface area contributed by atoms with Gasteiger partial charge in [0.2, 0.25) is 0 Å². The fourth-order valence-electron chi connectivity index (χ4n) is 0. The zero-order chi connectivity index (χ0) is 4.28. The summed E-state index contributed by atoms with van der Waals surface area (Å²) >= 11 is 0. The van der Waals surface area contributed by atoms with Crippen molar-refractivity contribution in [1.29, 1.82) is 0 Å². The molecule has 0 unspecified atom stereocenters. The average molecular weight is 172 g/mol. The van der Waals surface area contributed by atoms with Crippen molar-refractivity contribution in [3.05, 3.63) is 0 Å². The van der Waals surface area contributed by atoms with E-state index < -0.39 is 0 Å². The van der Waals surface area contributed by atoms with Gasteiger partial charge >= 0.3 is 0 Å². The van der Waals surface area contributed by atoms with E-state index in [9.17, 15) is 0 Å². The zero-order valence-electron chi connectivity index (χ0n) is 4.85. The highest BCUT2D eigenvalue weighted by Gasteiger charge is 1.81. The van der Waals surface area contributed by atoms with Crippen molar-refractivity contribution < 1.29 is 5.11 Å². The Morgan fingerprint density at radius 3 is 1.57 bits per heavy atom. The largest absolute Gasteiger partial charge is 0.396 e. The lowest BCUT2D eigenvalue weighted by molar-refractivity contribution is 0.248. The highest BCUT2D eigenvalue weighted by Crippen LogP contribution is 1.83. The van der Waals surface area contributed by atoms with Crippen LogP contribution >= 0.6 is 17.0 Å². The third-order valence-electron chi connectivity index (χ3n) is 0.365. The Morgan fingerprint density at radius 1 is 1.43 bits per heavy atom. The smallest absolute Gasteiger partial charge is 0.0453 e. The molecule has 0 atom stereocenters. The second-order valence-corrected chi connectivity index (χ2v) is 1.58. The van der Waals surface area contributed by atoms with Gasteiger partial charge in [0.1, 0.15) is 0 Å². The van der Waals surface area contributed by atoms with Gasteiger partial charge in [-0.25, -0.2) is 0 Å². The normalized spacial score (nSPS) is 6.86. The molecule has 0 aliphatic carbocycles. The van der Waals surface area contributed by atoms with Crippen LogP contribution < -0.4 is 6.15 Å². The van der Waals surface area contributed by atoms with E-state index in [0.717, 1.165) is 0 Å². The summed E-state index contributed by atoms with van der Waals surface area (Å²) in [5.41, 5.74) is 0. The topological polar surface area (TPSA) is 55.2 Å². The van der Waals surface area contributed by atoms with Gasteiger partial charge in [-0.2, -0.15) is 0 Å². The fourth-order valence-corrected chi connectivity index (χ4v) is 0. The number of aliphatic hydroxyl groups excluding tert-OH is 1. The van der Waals surface area contributed by atoms with E-state index in [1.807, 2.05) is 13.8 Å². The molecule has 0 aliphatic rings. The third kappa shape index (κ3) is 21.5. The highest BCUT2D eigenvalue weighted by molar-refractivity contribution is 8.93. The Hall–Kier alpha value is 0.400. The Labute approximate surface area is 55.3 Å². The summed E-state index contributed by atoms with van der Waals surface area (Å²) in [4.78, 5) is 0. The molecule has 0 spiro atoms. The quantitative estimate of drug-likeness (QED) is 0.627. The first-order chi connectivity index (χ1) is 2.27. The predicted octanol–water partition coefficient (Wildman–Crippen LogP) is 1.37. The fraction of sp³-hybridized carbons (Fsp3) is 1.00. The monoisotopic (exact) mass is 171 g/mol. The molecular weight excluding hydrogens is 158 g/mol. The second kappa shape index (κ2) is 9.64. The van der Waals surface area contributed by atoms with Crippen molar-refractivity contribution in [2.75, 3.05) is 6.61 Å². The number of hydrogen-bond donors (Lipinski definition) is 2. The molecule has 0 aromatic rings. The molecule has 0 aliphatic heterocycles. The molecule has 4 N–H and O–H groups in total. The molecule has 0 saturated heterocycles. The summed E-state index contributed by atoms with van der Waals surface area (Å²) < 4.78 is 0. The lowest BCUT2D eigenvalue weighted by Crippen LogP contribution is -1.90. The van der Waals surface area contributed by atoms with Crippen LogP contribution in [0.4, 0.5) is 0 Å². The summed E-state index contributed by atoms with van der Waals surface area (Å²) in [6, 6.07) is 0. The molecule has 7 heavy (non-hydrogen) atoms. The van der Waals surface area contributed by atoms with E-state index in [-0.39, 0.29) is 23.1 Å². The molecule has 0 rings (SSSR count). The lowest BCUT2D eigenvalue weighted by atomic mass is 10.2. The molecular formula is C4H14BrNO. The van der Waals surface area contributed by atoms with Crippen molar-refractivity contribution in [2.45, 2.75) is 13.8 Å². The maximum atomic E-state index is 8.14. The Balaban J connectivity index is -0.0000000800. The number of rotatable bonds is 1. The molecule has 48 valence electrons. The number of hydrogen-bond acceptors (Lipinski definition) is 2. The number of halogens is 1.